The SMILES string of the molecule is CCC1CN(c2cccc(C=O)c2)C1. The van der Waals surface area contributed by atoms with Crippen molar-refractivity contribution in [1.82, 2.24) is 0 Å². The molecule has 1 aliphatic heterocycles. The van der Waals surface area contributed by atoms with Crippen LogP contribution in [0.25, 0.3) is 0 Å². The standard InChI is InChI=1S/C12H15NO/c1-2-10-7-13(8-10)12-5-3-4-11(6-12)9-14/h3-6,9-10H,2,7-8H2,1H3. The number of aldehydes is 1. The molecule has 0 spiro atoms. The van der Waals surface area contributed by atoms with E-state index in [1.807, 2.05) is 18.2 Å². The van der Waals surface area contributed by atoms with Crippen LogP contribution in [0.4, 0.5) is 5.69 Å². The van der Waals surface area contributed by atoms with E-state index in [1.54, 1.807) is 0 Å². The summed E-state index contributed by atoms with van der Waals surface area (Å²) < 4.78 is 0. The largest absolute Gasteiger partial charge is 0.371 e. The summed E-state index contributed by atoms with van der Waals surface area (Å²) in [6, 6.07) is 7.81. The second-order valence-electron chi connectivity index (χ2n) is 3.89. The lowest BCUT2D eigenvalue weighted by Crippen LogP contribution is -2.46. The van der Waals surface area contributed by atoms with Gasteiger partial charge in [-0.1, -0.05) is 19.1 Å². The lowest BCUT2D eigenvalue weighted by atomic mass is 9.96. The number of carbonyl (C=O) groups excluding carboxylic acids is 1. The maximum Gasteiger partial charge on any atom is 0.150 e. The first-order chi connectivity index (χ1) is 6.83. The van der Waals surface area contributed by atoms with E-state index in [9.17, 15) is 4.79 Å². The highest BCUT2D eigenvalue weighted by Crippen LogP contribution is 2.26. The van der Waals surface area contributed by atoms with Gasteiger partial charge < -0.3 is 4.90 Å². The molecule has 0 radical (unpaired) electrons. The van der Waals surface area contributed by atoms with Crippen molar-refractivity contribution in [2.75, 3.05) is 18.0 Å². The summed E-state index contributed by atoms with van der Waals surface area (Å²) in [6.07, 6.45) is 2.16. The van der Waals surface area contributed by atoms with Crippen molar-refractivity contribution < 1.29 is 4.79 Å². The molecule has 74 valence electrons. The van der Waals surface area contributed by atoms with E-state index in [0.717, 1.165) is 30.9 Å². The summed E-state index contributed by atoms with van der Waals surface area (Å²) >= 11 is 0. The fourth-order valence-corrected chi connectivity index (χ4v) is 1.83. The molecule has 1 heterocycles. The molecule has 0 unspecified atom stereocenters. The molecular weight excluding hydrogens is 174 g/mol. The Labute approximate surface area is 84.5 Å². The van der Waals surface area contributed by atoms with Gasteiger partial charge in [0.05, 0.1) is 0 Å². The monoisotopic (exact) mass is 189 g/mol. The molecule has 1 aliphatic rings. The van der Waals surface area contributed by atoms with E-state index in [2.05, 4.69) is 17.9 Å². The van der Waals surface area contributed by atoms with Crippen LogP contribution >= 0.6 is 0 Å². The Morgan fingerprint density at radius 3 is 2.93 bits per heavy atom. The van der Waals surface area contributed by atoms with Crippen LogP contribution < -0.4 is 4.90 Å². The fraction of sp³-hybridized carbons (Fsp3) is 0.417. The van der Waals surface area contributed by atoms with E-state index in [-0.39, 0.29) is 0 Å². The van der Waals surface area contributed by atoms with Gasteiger partial charge in [-0.2, -0.15) is 0 Å². The molecule has 0 saturated carbocycles. The number of benzene rings is 1. The summed E-state index contributed by atoms with van der Waals surface area (Å²) in [6.45, 7) is 4.50. The molecule has 0 aliphatic carbocycles. The average molecular weight is 189 g/mol. The molecule has 2 rings (SSSR count). The van der Waals surface area contributed by atoms with E-state index in [4.69, 9.17) is 0 Å². The van der Waals surface area contributed by atoms with E-state index in [1.165, 1.54) is 12.1 Å². The summed E-state index contributed by atoms with van der Waals surface area (Å²) in [4.78, 5) is 12.9. The Kier molecular flexibility index (Phi) is 2.53. The molecule has 2 nitrogen and oxygen atoms in total. The van der Waals surface area contributed by atoms with Gasteiger partial charge in [-0.25, -0.2) is 0 Å². The lowest BCUT2D eigenvalue weighted by Gasteiger charge is -2.40. The molecule has 1 saturated heterocycles. The van der Waals surface area contributed by atoms with Crippen LogP contribution in [-0.4, -0.2) is 19.4 Å². The van der Waals surface area contributed by atoms with Crippen LogP contribution in [0.5, 0.6) is 0 Å². The van der Waals surface area contributed by atoms with Crippen LogP contribution in [0.3, 0.4) is 0 Å². The third kappa shape index (κ3) is 1.65. The van der Waals surface area contributed by atoms with Crippen LogP contribution in [0.2, 0.25) is 0 Å². The Morgan fingerprint density at radius 2 is 2.29 bits per heavy atom. The number of anilines is 1. The fourth-order valence-electron chi connectivity index (χ4n) is 1.83. The van der Waals surface area contributed by atoms with Crippen molar-refractivity contribution in [3.05, 3.63) is 29.8 Å². The maximum atomic E-state index is 10.6. The van der Waals surface area contributed by atoms with Crippen LogP contribution in [-0.2, 0) is 0 Å². The second kappa shape index (κ2) is 3.82. The number of hydrogen-bond donors (Lipinski definition) is 0. The molecule has 0 atom stereocenters. The molecule has 1 aromatic carbocycles. The molecule has 0 aromatic heterocycles. The zero-order chi connectivity index (χ0) is 9.97. The minimum atomic E-state index is 0.766. The highest BCUT2D eigenvalue weighted by atomic mass is 16.1. The summed E-state index contributed by atoms with van der Waals surface area (Å²) in [7, 11) is 0. The Balaban J connectivity index is 2.07. The molecule has 0 amide bonds. The quantitative estimate of drug-likeness (QED) is 0.680. The van der Waals surface area contributed by atoms with Gasteiger partial charge in [-0.15, -0.1) is 0 Å². The van der Waals surface area contributed by atoms with E-state index < -0.39 is 0 Å². The summed E-state index contributed by atoms with van der Waals surface area (Å²) in [5, 5.41) is 0. The Bertz CT molecular complexity index is 329. The first kappa shape index (κ1) is 9.25. The molecular formula is C12H15NO. The average Bonchev–Trinajstić information content (AvgIpc) is 2.17. The highest BCUT2D eigenvalue weighted by Gasteiger charge is 2.24. The topological polar surface area (TPSA) is 20.3 Å². The van der Waals surface area contributed by atoms with Crippen LogP contribution in [0, 0.1) is 5.92 Å². The van der Waals surface area contributed by atoms with Crippen molar-refractivity contribution in [2.45, 2.75) is 13.3 Å². The first-order valence-corrected chi connectivity index (χ1v) is 5.13. The third-order valence-electron chi connectivity index (χ3n) is 2.91. The highest BCUT2D eigenvalue weighted by molar-refractivity contribution is 5.77. The maximum absolute atomic E-state index is 10.6. The second-order valence-corrected chi connectivity index (χ2v) is 3.89. The van der Waals surface area contributed by atoms with E-state index in [0.29, 0.717) is 0 Å². The van der Waals surface area contributed by atoms with Crippen molar-refractivity contribution in [3.63, 3.8) is 0 Å². The molecule has 14 heavy (non-hydrogen) atoms. The number of carbonyl (C=O) groups is 1. The minimum Gasteiger partial charge on any atom is -0.371 e. The van der Waals surface area contributed by atoms with Crippen molar-refractivity contribution in [1.29, 1.82) is 0 Å². The number of nitrogens with zero attached hydrogens (tertiary/aromatic N) is 1. The normalized spacial score (nSPS) is 16.5. The zero-order valence-corrected chi connectivity index (χ0v) is 8.44. The van der Waals surface area contributed by atoms with Gasteiger partial charge in [0.25, 0.3) is 0 Å². The van der Waals surface area contributed by atoms with Gasteiger partial charge in [0.2, 0.25) is 0 Å². The molecule has 1 aromatic rings. The van der Waals surface area contributed by atoms with Gasteiger partial charge in [0.1, 0.15) is 6.29 Å². The van der Waals surface area contributed by atoms with Crippen molar-refractivity contribution in [3.8, 4) is 0 Å². The number of hydrogen-bond acceptors (Lipinski definition) is 2. The number of rotatable bonds is 3. The van der Waals surface area contributed by atoms with E-state index >= 15 is 0 Å². The lowest BCUT2D eigenvalue weighted by molar-refractivity contribution is 0.112. The van der Waals surface area contributed by atoms with Gasteiger partial charge in [-0.3, -0.25) is 4.79 Å². The summed E-state index contributed by atoms with van der Waals surface area (Å²) in [5.41, 5.74) is 1.95. The molecule has 2 heteroatoms. The minimum absolute atomic E-state index is 0.766. The van der Waals surface area contributed by atoms with Gasteiger partial charge >= 0.3 is 0 Å². The third-order valence-corrected chi connectivity index (χ3v) is 2.91. The van der Waals surface area contributed by atoms with Gasteiger partial charge in [-0.05, 0) is 24.5 Å². The van der Waals surface area contributed by atoms with Crippen molar-refractivity contribution in [2.24, 2.45) is 5.92 Å². The molecule has 1 fully saturated rings. The smallest absolute Gasteiger partial charge is 0.150 e. The van der Waals surface area contributed by atoms with Gasteiger partial charge in [0, 0.05) is 24.3 Å². The summed E-state index contributed by atoms with van der Waals surface area (Å²) in [5.74, 6) is 0.842. The molecule has 0 bridgehead atoms. The van der Waals surface area contributed by atoms with Crippen LogP contribution in [0.15, 0.2) is 24.3 Å². The van der Waals surface area contributed by atoms with Gasteiger partial charge in [0.15, 0.2) is 0 Å². The predicted octanol–water partition coefficient (Wildman–Crippen LogP) is 2.35. The predicted molar refractivity (Wildman–Crippen MR) is 57.8 cm³/mol. The Morgan fingerprint density at radius 1 is 1.50 bits per heavy atom. The zero-order valence-electron chi connectivity index (χ0n) is 8.44. The van der Waals surface area contributed by atoms with Crippen LogP contribution in [0.1, 0.15) is 23.7 Å². The Hall–Kier alpha value is -1.31. The van der Waals surface area contributed by atoms with Crippen molar-refractivity contribution >= 4 is 12.0 Å². The first-order valence-electron chi connectivity index (χ1n) is 5.13. The molecule has 0 N–H and O–H groups in total.